The maximum absolute atomic E-state index is 12.7. The van der Waals surface area contributed by atoms with Crippen molar-refractivity contribution >= 4 is 29.2 Å². The van der Waals surface area contributed by atoms with Crippen molar-refractivity contribution in [2.75, 3.05) is 32.2 Å². The van der Waals surface area contributed by atoms with Crippen LogP contribution in [0, 0.1) is 6.92 Å². The summed E-state index contributed by atoms with van der Waals surface area (Å²) in [4.78, 5) is 23.3. The Balaban J connectivity index is 2.14. The molecule has 0 saturated heterocycles. The molecule has 0 bridgehead atoms. The monoisotopic (exact) mass is 393 g/mol. The number of aliphatic carboxylic acids is 1. The summed E-state index contributed by atoms with van der Waals surface area (Å²) in [6.45, 7) is 2.03. The summed E-state index contributed by atoms with van der Waals surface area (Å²) in [5, 5.41) is 11.9. The number of halogens is 1. The number of anilines is 1. The molecule has 8 heteroatoms. The van der Waals surface area contributed by atoms with E-state index in [0.717, 1.165) is 5.56 Å². The van der Waals surface area contributed by atoms with Gasteiger partial charge in [-0.15, -0.1) is 0 Å². The number of carbonyl (C=O) groups excluding carboxylic acids is 1. The Morgan fingerprint density at radius 1 is 1.11 bits per heavy atom. The second kappa shape index (κ2) is 9.80. The Bertz CT molecular complexity index is 824. The lowest BCUT2D eigenvalue weighted by Crippen LogP contribution is -2.16. The quantitative estimate of drug-likeness (QED) is 0.634. The molecule has 7 nitrogen and oxygen atoms in total. The van der Waals surface area contributed by atoms with Gasteiger partial charge in [0, 0.05) is 17.8 Å². The summed E-state index contributed by atoms with van der Waals surface area (Å²) in [6, 6.07) is 9.66. The first-order valence-electron chi connectivity index (χ1n) is 8.08. The number of carbonyl (C=O) groups is 2. The summed E-state index contributed by atoms with van der Waals surface area (Å²) < 4.78 is 15.6. The average molecular weight is 394 g/mol. The van der Waals surface area contributed by atoms with Crippen LogP contribution in [0.4, 0.5) is 5.69 Å². The van der Waals surface area contributed by atoms with E-state index in [9.17, 15) is 9.59 Å². The van der Waals surface area contributed by atoms with Crippen LogP contribution in [0.1, 0.15) is 15.9 Å². The Hall–Kier alpha value is -2.77. The van der Waals surface area contributed by atoms with E-state index >= 15 is 0 Å². The second-order valence-corrected chi connectivity index (χ2v) is 6.03. The molecule has 0 heterocycles. The lowest BCUT2D eigenvalue weighted by Gasteiger charge is -2.14. The van der Waals surface area contributed by atoms with Crippen LogP contribution in [0.25, 0.3) is 0 Å². The zero-order chi connectivity index (χ0) is 19.8. The molecule has 0 radical (unpaired) electrons. The maximum Gasteiger partial charge on any atom is 0.341 e. The first-order valence-corrected chi connectivity index (χ1v) is 8.46. The Morgan fingerprint density at radius 3 is 2.56 bits per heavy atom. The highest BCUT2D eigenvalue weighted by molar-refractivity contribution is 6.31. The van der Waals surface area contributed by atoms with Gasteiger partial charge in [0.25, 0.3) is 5.91 Å². The number of methoxy groups -OCH3 is 1. The molecule has 0 atom stereocenters. The van der Waals surface area contributed by atoms with Gasteiger partial charge in [-0.3, -0.25) is 4.79 Å². The molecule has 0 spiro atoms. The lowest BCUT2D eigenvalue weighted by atomic mass is 10.1. The van der Waals surface area contributed by atoms with Crippen LogP contribution in [0.15, 0.2) is 36.4 Å². The third kappa shape index (κ3) is 6.16. The number of amides is 1. The molecule has 0 fully saturated rings. The Labute approximate surface area is 161 Å². The number of ether oxygens (including phenoxy) is 3. The Kier molecular flexibility index (Phi) is 7.45. The maximum atomic E-state index is 12.7. The van der Waals surface area contributed by atoms with Crippen LogP contribution in [0.5, 0.6) is 11.5 Å². The van der Waals surface area contributed by atoms with Crippen molar-refractivity contribution in [1.29, 1.82) is 0 Å². The number of hydrogen-bond donors (Lipinski definition) is 2. The van der Waals surface area contributed by atoms with Gasteiger partial charge in [0.05, 0.1) is 12.2 Å². The molecule has 0 aromatic heterocycles. The van der Waals surface area contributed by atoms with E-state index in [2.05, 4.69) is 5.32 Å². The van der Waals surface area contributed by atoms with Gasteiger partial charge in [0.2, 0.25) is 0 Å². The van der Waals surface area contributed by atoms with Crippen molar-refractivity contribution < 1.29 is 28.9 Å². The summed E-state index contributed by atoms with van der Waals surface area (Å²) >= 11 is 6.01. The van der Waals surface area contributed by atoms with E-state index in [4.69, 9.17) is 30.9 Å². The predicted molar refractivity (Wildman–Crippen MR) is 101 cm³/mol. The largest absolute Gasteiger partial charge is 0.490 e. The van der Waals surface area contributed by atoms with Crippen molar-refractivity contribution in [3.05, 3.63) is 52.5 Å². The van der Waals surface area contributed by atoms with E-state index in [1.54, 1.807) is 44.4 Å². The molecule has 2 N–H and O–H groups in total. The predicted octanol–water partition coefficient (Wildman–Crippen LogP) is 3.39. The highest BCUT2D eigenvalue weighted by Crippen LogP contribution is 2.26. The van der Waals surface area contributed by atoms with Crippen molar-refractivity contribution in [3.63, 3.8) is 0 Å². The van der Waals surface area contributed by atoms with Crippen LogP contribution in [-0.2, 0) is 9.53 Å². The highest BCUT2D eigenvalue weighted by atomic mass is 35.5. The standard InChI is InChI=1S/C19H20ClNO6/c1-12-9-14(27-11-18(22)23)4-5-16(12)21-19(24)15-10-13(20)3-6-17(15)26-8-7-25-2/h3-6,9-10H,7-8,11H2,1-2H3,(H,21,24)(H,22,23). The molecule has 27 heavy (non-hydrogen) atoms. The van der Waals surface area contributed by atoms with Crippen LogP contribution in [0.2, 0.25) is 5.02 Å². The van der Waals surface area contributed by atoms with Gasteiger partial charge in [0.1, 0.15) is 18.1 Å². The van der Waals surface area contributed by atoms with Gasteiger partial charge in [-0.05, 0) is 48.9 Å². The normalized spacial score (nSPS) is 10.3. The summed E-state index contributed by atoms with van der Waals surface area (Å²) in [5.41, 5.74) is 1.57. The zero-order valence-electron chi connectivity index (χ0n) is 15.0. The summed E-state index contributed by atoms with van der Waals surface area (Å²) in [7, 11) is 1.56. The number of carboxylic acid groups (broad SMARTS) is 1. The summed E-state index contributed by atoms with van der Waals surface area (Å²) in [6.07, 6.45) is 0. The molecular formula is C19H20ClNO6. The molecule has 144 valence electrons. The van der Waals surface area contributed by atoms with Crippen LogP contribution in [0.3, 0.4) is 0 Å². The molecule has 2 rings (SSSR count). The first kappa shape index (κ1) is 20.5. The van der Waals surface area contributed by atoms with Gasteiger partial charge in [-0.2, -0.15) is 0 Å². The minimum Gasteiger partial charge on any atom is -0.490 e. The minimum absolute atomic E-state index is 0.296. The van der Waals surface area contributed by atoms with Gasteiger partial charge in [-0.25, -0.2) is 4.79 Å². The third-order valence-electron chi connectivity index (χ3n) is 3.54. The molecule has 0 aliphatic rings. The van der Waals surface area contributed by atoms with Gasteiger partial charge in [0.15, 0.2) is 6.61 Å². The van der Waals surface area contributed by atoms with Crippen LogP contribution in [-0.4, -0.2) is 43.9 Å². The van der Waals surface area contributed by atoms with E-state index in [1.807, 2.05) is 0 Å². The fourth-order valence-corrected chi connectivity index (χ4v) is 2.41. The zero-order valence-corrected chi connectivity index (χ0v) is 15.7. The fraction of sp³-hybridized carbons (Fsp3) is 0.263. The number of nitrogens with one attached hydrogen (secondary N) is 1. The molecule has 0 saturated carbocycles. The highest BCUT2D eigenvalue weighted by Gasteiger charge is 2.15. The SMILES string of the molecule is COCCOc1ccc(Cl)cc1C(=O)Nc1ccc(OCC(=O)O)cc1C. The van der Waals surface area contributed by atoms with Gasteiger partial charge in [-0.1, -0.05) is 11.6 Å². The average Bonchev–Trinajstić information content (AvgIpc) is 2.63. The molecule has 1 amide bonds. The first-order chi connectivity index (χ1) is 12.9. The van der Waals surface area contributed by atoms with Gasteiger partial charge >= 0.3 is 5.97 Å². The number of aryl methyl sites for hydroxylation is 1. The second-order valence-electron chi connectivity index (χ2n) is 5.60. The van der Waals surface area contributed by atoms with E-state index in [1.165, 1.54) is 6.07 Å². The van der Waals surface area contributed by atoms with Crippen molar-refractivity contribution in [1.82, 2.24) is 0 Å². The van der Waals surface area contributed by atoms with E-state index < -0.39 is 12.6 Å². The van der Waals surface area contributed by atoms with Gasteiger partial charge < -0.3 is 24.6 Å². The number of benzene rings is 2. The Morgan fingerprint density at radius 2 is 1.89 bits per heavy atom. The fourth-order valence-electron chi connectivity index (χ4n) is 2.24. The molecule has 0 aliphatic heterocycles. The van der Waals surface area contributed by atoms with E-state index in [-0.39, 0.29) is 5.91 Å². The molecule has 0 unspecified atom stereocenters. The molecular weight excluding hydrogens is 374 g/mol. The van der Waals surface area contributed by atoms with Crippen LogP contribution >= 0.6 is 11.6 Å². The number of carboxylic acids is 1. The third-order valence-corrected chi connectivity index (χ3v) is 3.77. The van der Waals surface area contributed by atoms with E-state index in [0.29, 0.717) is 41.0 Å². The smallest absolute Gasteiger partial charge is 0.341 e. The molecule has 0 aliphatic carbocycles. The number of hydrogen-bond acceptors (Lipinski definition) is 5. The topological polar surface area (TPSA) is 94.1 Å². The minimum atomic E-state index is -1.06. The summed E-state index contributed by atoms with van der Waals surface area (Å²) in [5.74, 6) is -0.647. The lowest BCUT2D eigenvalue weighted by molar-refractivity contribution is -0.139. The van der Waals surface area contributed by atoms with Crippen molar-refractivity contribution in [2.45, 2.75) is 6.92 Å². The van der Waals surface area contributed by atoms with Crippen molar-refractivity contribution in [2.24, 2.45) is 0 Å². The van der Waals surface area contributed by atoms with Crippen LogP contribution < -0.4 is 14.8 Å². The number of rotatable bonds is 9. The molecule has 2 aromatic rings. The van der Waals surface area contributed by atoms with Crippen molar-refractivity contribution in [3.8, 4) is 11.5 Å². The molecule has 2 aromatic carbocycles.